The Morgan fingerprint density at radius 2 is 1.83 bits per heavy atom. The number of alkyl carbamates (subject to hydrolysis) is 1. The van der Waals surface area contributed by atoms with Crippen LogP contribution in [0.5, 0.6) is 0 Å². The molecule has 1 aromatic carbocycles. The molecule has 0 heterocycles. The first-order valence-corrected chi connectivity index (χ1v) is 7.89. The SMILES string of the molecule is CCCNCc1ccc(CNC(=O)OC(C)(C)C)c(C(F)(F)F)c1. The van der Waals surface area contributed by atoms with Crippen molar-refractivity contribution < 1.29 is 22.7 Å². The van der Waals surface area contributed by atoms with E-state index in [0.717, 1.165) is 19.0 Å². The average molecular weight is 346 g/mol. The van der Waals surface area contributed by atoms with Gasteiger partial charge in [-0.1, -0.05) is 19.1 Å². The Morgan fingerprint density at radius 1 is 1.17 bits per heavy atom. The first kappa shape index (κ1) is 20.3. The molecule has 0 saturated heterocycles. The summed E-state index contributed by atoms with van der Waals surface area (Å²) in [6, 6.07) is 4.14. The lowest BCUT2D eigenvalue weighted by atomic mass is 10.0. The molecule has 0 saturated carbocycles. The molecule has 0 bridgehead atoms. The molecule has 1 aromatic rings. The number of hydrogen-bond acceptors (Lipinski definition) is 3. The largest absolute Gasteiger partial charge is 0.444 e. The number of rotatable bonds is 6. The predicted octanol–water partition coefficient (Wildman–Crippen LogP) is 4.23. The fraction of sp³-hybridized carbons (Fsp3) is 0.588. The first-order valence-electron chi connectivity index (χ1n) is 7.89. The van der Waals surface area contributed by atoms with Gasteiger partial charge in [-0.3, -0.25) is 0 Å². The van der Waals surface area contributed by atoms with Crippen molar-refractivity contribution in [3.63, 3.8) is 0 Å². The molecule has 0 fully saturated rings. The lowest BCUT2D eigenvalue weighted by Crippen LogP contribution is -2.32. The van der Waals surface area contributed by atoms with Crippen molar-refractivity contribution in [2.24, 2.45) is 0 Å². The number of alkyl halides is 3. The summed E-state index contributed by atoms with van der Waals surface area (Å²) in [5, 5.41) is 5.43. The summed E-state index contributed by atoms with van der Waals surface area (Å²) in [6.07, 6.45) is -4.32. The van der Waals surface area contributed by atoms with Crippen LogP contribution in [0.4, 0.5) is 18.0 Å². The van der Waals surface area contributed by atoms with E-state index >= 15 is 0 Å². The van der Waals surface area contributed by atoms with Crippen molar-refractivity contribution >= 4 is 6.09 Å². The van der Waals surface area contributed by atoms with Crippen LogP contribution in [-0.4, -0.2) is 18.2 Å². The van der Waals surface area contributed by atoms with Crippen LogP contribution in [0.1, 0.15) is 50.8 Å². The fourth-order valence-electron chi connectivity index (χ4n) is 2.04. The van der Waals surface area contributed by atoms with Gasteiger partial charge in [0.25, 0.3) is 0 Å². The Hall–Kier alpha value is -1.76. The first-order chi connectivity index (χ1) is 11.0. The molecular weight excluding hydrogens is 321 g/mol. The second-order valence-corrected chi connectivity index (χ2v) is 6.52. The maximum absolute atomic E-state index is 13.2. The van der Waals surface area contributed by atoms with Crippen molar-refractivity contribution in [2.75, 3.05) is 6.54 Å². The van der Waals surface area contributed by atoms with Gasteiger partial charge in [-0.25, -0.2) is 4.79 Å². The van der Waals surface area contributed by atoms with Crippen molar-refractivity contribution in [3.05, 3.63) is 34.9 Å². The van der Waals surface area contributed by atoms with Gasteiger partial charge in [0.1, 0.15) is 5.60 Å². The van der Waals surface area contributed by atoms with Gasteiger partial charge < -0.3 is 15.4 Å². The number of amides is 1. The number of carbonyl (C=O) groups excluding carboxylic acids is 1. The molecule has 0 aliphatic rings. The van der Waals surface area contributed by atoms with Crippen LogP contribution in [0.25, 0.3) is 0 Å². The van der Waals surface area contributed by atoms with Crippen molar-refractivity contribution in [3.8, 4) is 0 Å². The Bertz CT molecular complexity index is 552. The highest BCUT2D eigenvalue weighted by Crippen LogP contribution is 2.32. The van der Waals surface area contributed by atoms with E-state index in [0.29, 0.717) is 12.1 Å². The third kappa shape index (κ3) is 7.21. The topological polar surface area (TPSA) is 50.4 Å². The van der Waals surface area contributed by atoms with E-state index in [2.05, 4.69) is 10.6 Å². The van der Waals surface area contributed by atoms with Crippen LogP contribution in [0.3, 0.4) is 0 Å². The van der Waals surface area contributed by atoms with Crippen molar-refractivity contribution in [1.29, 1.82) is 0 Å². The van der Waals surface area contributed by atoms with Crippen molar-refractivity contribution in [2.45, 2.75) is 59.0 Å². The minimum Gasteiger partial charge on any atom is -0.444 e. The molecule has 2 N–H and O–H groups in total. The fourth-order valence-corrected chi connectivity index (χ4v) is 2.04. The Morgan fingerprint density at radius 3 is 2.38 bits per heavy atom. The highest BCUT2D eigenvalue weighted by atomic mass is 19.4. The second-order valence-electron chi connectivity index (χ2n) is 6.52. The normalized spacial score (nSPS) is 12.1. The van der Waals surface area contributed by atoms with Crippen LogP contribution in [0, 0.1) is 0 Å². The van der Waals surface area contributed by atoms with Gasteiger partial charge in [-0.15, -0.1) is 0 Å². The quantitative estimate of drug-likeness (QED) is 0.758. The minimum atomic E-state index is -4.48. The highest BCUT2D eigenvalue weighted by molar-refractivity contribution is 5.67. The summed E-state index contributed by atoms with van der Waals surface area (Å²) in [5.74, 6) is 0. The van der Waals surface area contributed by atoms with Gasteiger partial charge in [-0.05, 0) is 50.9 Å². The zero-order valence-electron chi connectivity index (χ0n) is 14.5. The summed E-state index contributed by atoms with van der Waals surface area (Å²) >= 11 is 0. The molecule has 0 aliphatic carbocycles. The standard InChI is InChI=1S/C17H25F3N2O2/c1-5-8-21-10-12-6-7-13(14(9-12)17(18,19)20)11-22-15(23)24-16(2,3)4/h6-7,9,21H,5,8,10-11H2,1-4H3,(H,22,23). The van der Waals surface area contributed by atoms with Crippen LogP contribution in [-0.2, 0) is 24.0 Å². The van der Waals surface area contributed by atoms with E-state index in [1.54, 1.807) is 26.8 Å². The van der Waals surface area contributed by atoms with E-state index in [-0.39, 0.29) is 12.1 Å². The lowest BCUT2D eigenvalue weighted by molar-refractivity contribution is -0.138. The Balaban J connectivity index is 2.84. The summed E-state index contributed by atoms with van der Waals surface area (Å²) in [5.41, 5.74) is -0.884. The molecule has 0 atom stereocenters. The summed E-state index contributed by atoms with van der Waals surface area (Å²) < 4.78 is 44.8. The van der Waals surface area contributed by atoms with Crippen molar-refractivity contribution in [1.82, 2.24) is 10.6 Å². The monoisotopic (exact) mass is 346 g/mol. The molecule has 0 spiro atoms. The van der Waals surface area contributed by atoms with Gasteiger partial charge in [-0.2, -0.15) is 13.2 Å². The van der Waals surface area contributed by atoms with Crippen LogP contribution in [0.15, 0.2) is 18.2 Å². The molecule has 1 rings (SSSR count). The summed E-state index contributed by atoms with van der Waals surface area (Å²) in [7, 11) is 0. The molecule has 24 heavy (non-hydrogen) atoms. The third-order valence-electron chi connectivity index (χ3n) is 3.06. The number of hydrogen-bond donors (Lipinski definition) is 2. The Kier molecular flexibility index (Phi) is 7.08. The number of carbonyl (C=O) groups is 1. The van der Waals surface area contributed by atoms with Crippen LogP contribution >= 0.6 is 0 Å². The third-order valence-corrected chi connectivity index (χ3v) is 3.06. The zero-order chi connectivity index (χ0) is 18.4. The smallest absolute Gasteiger partial charge is 0.416 e. The van der Waals surface area contributed by atoms with E-state index < -0.39 is 23.4 Å². The Labute approximate surface area is 140 Å². The highest BCUT2D eigenvalue weighted by Gasteiger charge is 2.33. The average Bonchev–Trinajstić information content (AvgIpc) is 2.43. The molecule has 0 radical (unpaired) electrons. The second kappa shape index (κ2) is 8.37. The molecule has 0 unspecified atom stereocenters. The molecule has 7 heteroatoms. The van der Waals surface area contributed by atoms with E-state index in [9.17, 15) is 18.0 Å². The lowest BCUT2D eigenvalue weighted by Gasteiger charge is -2.20. The van der Waals surface area contributed by atoms with Gasteiger partial charge in [0, 0.05) is 13.1 Å². The molecule has 0 aliphatic heterocycles. The van der Waals surface area contributed by atoms with E-state index in [1.807, 2.05) is 6.92 Å². The van der Waals surface area contributed by atoms with Gasteiger partial charge in [0.05, 0.1) is 5.56 Å². The molecule has 1 amide bonds. The molecule has 136 valence electrons. The van der Waals surface area contributed by atoms with Gasteiger partial charge >= 0.3 is 12.3 Å². The van der Waals surface area contributed by atoms with Crippen LogP contribution < -0.4 is 10.6 Å². The molecule has 4 nitrogen and oxygen atoms in total. The summed E-state index contributed by atoms with van der Waals surface area (Å²) in [6.45, 7) is 7.91. The molecule has 0 aromatic heterocycles. The number of halogens is 3. The zero-order valence-corrected chi connectivity index (χ0v) is 14.5. The maximum atomic E-state index is 13.2. The summed E-state index contributed by atoms with van der Waals surface area (Å²) in [4.78, 5) is 11.6. The van der Waals surface area contributed by atoms with Gasteiger partial charge in [0.15, 0.2) is 0 Å². The van der Waals surface area contributed by atoms with Gasteiger partial charge in [0.2, 0.25) is 0 Å². The minimum absolute atomic E-state index is 0.00704. The number of benzene rings is 1. The maximum Gasteiger partial charge on any atom is 0.416 e. The van der Waals surface area contributed by atoms with E-state index in [1.165, 1.54) is 6.07 Å². The number of nitrogens with one attached hydrogen (secondary N) is 2. The predicted molar refractivity (Wildman–Crippen MR) is 86.5 cm³/mol. The molecular formula is C17H25F3N2O2. The number of ether oxygens (including phenoxy) is 1. The van der Waals surface area contributed by atoms with Crippen LogP contribution in [0.2, 0.25) is 0 Å². The van der Waals surface area contributed by atoms with E-state index in [4.69, 9.17) is 4.74 Å².